The van der Waals surface area contributed by atoms with Gasteiger partial charge in [-0.15, -0.1) is 0 Å². The number of amides is 1. The van der Waals surface area contributed by atoms with Crippen molar-refractivity contribution in [1.29, 1.82) is 5.26 Å². The van der Waals surface area contributed by atoms with E-state index in [1.54, 1.807) is 36.4 Å². The SMILES string of the molecule is CCCCn1c(N)c(N(Cc2ccco2)C(=O)COc2ccccc2C#N)c(=O)[nH]c1=O. The first-order valence-corrected chi connectivity index (χ1v) is 10.0. The number of rotatable bonds is 9. The van der Waals surface area contributed by atoms with Crippen LogP contribution >= 0.6 is 0 Å². The number of anilines is 2. The van der Waals surface area contributed by atoms with Crippen LogP contribution in [0.1, 0.15) is 31.1 Å². The van der Waals surface area contributed by atoms with Crippen molar-refractivity contribution in [3.8, 4) is 11.8 Å². The first kappa shape index (κ1) is 22.4. The Kier molecular flexibility index (Phi) is 7.13. The fourth-order valence-electron chi connectivity index (χ4n) is 3.13. The van der Waals surface area contributed by atoms with Gasteiger partial charge in [0.05, 0.1) is 18.4 Å². The van der Waals surface area contributed by atoms with Crippen LogP contribution in [0.25, 0.3) is 0 Å². The van der Waals surface area contributed by atoms with Gasteiger partial charge in [-0.3, -0.25) is 24.0 Å². The molecule has 3 rings (SSSR count). The number of nitriles is 1. The summed E-state index contributed by atoms with van der Waals surface area (Å²) in [7, 11) is 0. The molecule has 0 fully saturated rings. The van der Waals surface area contributed by atoms with Crippen molar-refractivity contribution in [1.82, 2.24) is 9.55 Å². The van der Waals surface area contributed by atoms with Crippen molar-refractivity contribution >= 4 is 17.4 Å². The molecule has 0 aliphatic rings. The maximum Gasteiger partial charge on any atom is 0.330 e. The van der Waals surface area contributed by atoms with Crippen molar-refractivity contribution < 1.29 is 13.9 Å². The summed E-state index contributed by atoms with van der Waals surface area (Å²) < 4.78 is 12.1. The van der Waals surface area contributed by atoms with E-state index in [9.17, 15) is 19.6 Å². The Morgan fingerprint density at radius 3 is 2.75 bits per heavy atom. The van der Waals surface area contributed by atoms with Crippen LogP contribution in [0.3, 0.4) is 0 Å². The van der Waals surface area contributed by atoms with Crippen molar-refractivity contribution in [3.05, 3.63) is 74.8 Å². The zero-order valence-corrected chi connectivity index (χ0v) is 17.5. The number of hydrogen-bond donors (Lipinski definition) is 2. The maximum absolute atomic E-state index is 13.1. The zero-order valence-electron chi connectivity index (χ0n) is 17.5. The Hall–Kier alpha value is -4.26. The molecule has 0 saturated carbocycles. The number of furan rings is 1. The number of nitrogens with zero attached hydrogens (tertiary/aromatic N) is 3. The van der Waals surface area contributed by atoms with E-state index in [1.165, 1.54) is 10.8 Å². The van der Waals surface area contributed by atoms with Gasteiger partial charge in [-0.2, -0.15) is 5.26 Å². The minimum atomic E-state index is -0.794. The standard InChI is InChI=1S/C22H23N5O5/c1-2-3-10-26-20(24)19(21(29)25-22(26)30)27(13-16-8-6-11-31-16)18(28)14-32-17-9-5-4-7-15(17)12-23/h4-9,11H,2-3,10,13-14,24H2,1H3,(H,25,29,30). The number of aromatic amines is 1. The molecule has 10 heteroatoms. The molecular weight excluding hydrogens is 414 g/mol. The molecule has 0 atom stereocenters. The number of nitrogens with two attached hydrogens (primary N) is 1. The lowest BCUT2D eigenvalue weighted by molar-refractivity contribution is -0.120. The zero-order chi connectivity index (χ0) is 23.1. The van der Waals surface area contributed by atoms with Crippen LogP contribution in [0.5, 0.6) is 5.75 Å². The molecule has 1 aromatic carbocycles. The van der Waals surface area contributed by atoms with Crippen LogP contribution in [-0.4, -0.2) is 22.1 Å². The van der Waals surface area contributed by atoms with E-state index in [1.807, 2.05) is 13.0 Å². The molecule has 0 radical (unpaired) electrons. The largest absolute Gasteiger partial charge is 0.482 e. The van der Waals surface area contributed by atoms with Gasteiger partial charge in [0.2, 0.25) is 0 Å². The molecule has 0 saturated heterocycles. The average molecular weight is 437 g/mol. The molecule has 3 aromatic rings. The number of para-hydroxylation sites is 1. The lowest BCUT2D eigenvalue weighted by atomic mass is 10.2. The normalized spacial score (nSPS) is 10.5. The van der Waals surface area contributed by atoms with E-state index in [4.69, 9.17) is 14.9 Å². The third-order valence-corrected chi connectivity index (χ3v) is 4.77. The van der Waals surface area contributed by atoms with Gasteiger partial charge >= 0.3 is 5.69 Å². The fraction of sp³-hybridized carbons (Fsp3) is 0.273. The minimum absolute atomic E-state index is 0.103. The molecule has 1 amide bonds. The highest BCUT2D eigenvalue weighted by Gasteiger charge is 2.26. The number of H-pyrrole nitrogens is 1. The first-order valence-electron chi connectivity index (χ1n) is 10.0. The first-order chi connectivity index (χ1) is 15.5. The molecule has 0 unspecified atom stereocenters. The molecule has 0 aliphatic heterocycles. The van der Waals surface area contributed by atoms with Crippen molar-refractivity contribution in [2.24, 2.45) is 0 Å². The van der Waals surface area contributed by atoms with E-state index in [2.05, 4.69) is 4.98 Å². The predicted molar refractivity (Wildman–Crippen MR) is 117 cm³/mol. The van der Waals surface area contributed by atoms with Gasteiger partial charge in [0.15, 0.2) is 12.3 Å². The summed E-state index contributed by atoms with van der Waals surface area (Å²) >= 11 is 0. The number of ether oxygens (including phenoxy) is 1. The van der Waals surface area contributed by atoms with Crippen LogP contribution in [-0.2, 0) is 17.9 Å². The number of carbonyl (C=O) groups excluding carboxylic acids is 1. The molecule has 166 valence electrons. The van der Waals surface area contributed by atoms with Gasteiger partial charge in [-0.1, -0.05) is 25.5 Å². The number of unbranched alkanes of at least 4 members (excludes halogenated alkanes) is 1. The molecule has 2 aromatic heterocycles. The minimum Gasteiger partial charge on any atom is -0.482 e. The number of hydrogen-bond acceptors (Lipinski definition) is 7. The van der Waals surface area contributed by atoms with Gasteiger partial charge in [0.1, 0.15) is 23.4 Å². The second-order valence-corrected chi connectivity index (χ2v) is 6.95. The molecule has 0 bridgehead atoms. The summed E-state index contributed by atoms with van der Waals surface area (Å²) in [4.78, 5) is 41.4. The second-order valence-electron chi connectivity index (χ2n) is 6.95. The molecular formula is C22H23N5O5. The molecule has 2 heterocycles. The van der Waals surface area contributed by atoms with Crippen molar-refractivity contribution in [2.75, 3.05) is 17.2 Å². The van der Waals surface area contributed by atoms with Crippen LogP contribution in [0.2, 0.25) is 0 Å². The van der Waals surface area contributed by atoms with Crippen molar-refractivity contribution in [2.45, 2.75) is 32.9 Å². The second kappa shape index (κ2) is 10.2. The summed E-state index contributed by atoms with van der Waals surface area (Å²) in [6, 6.07) is 11.8. The van der Waals surface area contributed by atoms with Crippen molar-refractivity contribution in [3.63, 3.8) is 0 Å². The Morgan fingerprint density at radius 1 is 1.28 bits per heavy atom. The Labute approximate surface area is 183 Å². The van der Waals surface area contributed by atoms with Crippen LogP contribution in [0.4, 0.5) is 11.5 Å². The number of nitrogen functional groups attached to an aromatic ring is 1. The third-order valence-electron chi connectivity index (χ3n) is 4.77. The van der Waals surface area contributed by atoms with E-state index in [-0.39, 0.29) is 29.4 Å². The highest BCUT2D eigenvalue weighted by Crippen LogP contribution is 2.22. The maximum atomic E-state index is 13.1. The van der Waals surface area contributed by atoms with Gasteiger partial charge in [0, 0.05) is 6.54 Å². The van der Waals surface area contributed by atoms with E-state index >= 15 is 0 Å². The Morgan fingerprint density at radius 2 is 2.06 bits per heavy atom. The summed E-state index contributed by atoms with van der Waals surface area (Å²) in [6.07, 6.45) is 2.91. The van der Waals surface area contributed by atoms with Crippen LogP contribution in [0.15, 0.2) is 56.7 Å². The lowest BCUT2D eigenvalue weighted by Crippen LogP contribution is -2.42. The summed E-state index contributed by atoms with van der Waals surface area (Å²) in [5.74, 6) is -0.0893. The topological polar surface area (TPSA) is 147 Å². The van der Waals surface area contributed by atoms with E-state index < -0.39 is 23.8 Å². The summed E-state index contributed by atoms with van der Waals surface area (Å²) in [6.45, 7) is 1.68. The molecule has 3 N–H and O–H groups in total. The summed E-state index contributed by atoms with van der Waals surface area (Å²) in [5, 5.41) is 9.21. The predicted octanol–water partition coefficient (Wildman–Crippen LogP) is 2.00. The molecule has 32 heavy (non-hydrogen) atoms. The lowest BCUT2D eigenvalue weighted by Gasteiger charge is -2.24. The average Bonchev–Trinajstić information content (AvgIpc) is 3.30. The number of benzene rings is 1. The Bertz CT molecular complexity index is 1240. The monoisotopic (exact) mass is 437 g/mol. The molecule has 0 spiro atoms. The van der Waals surface area contributed by atoms with Crippen LogP contribution < -0.4 is 26.6 Å². The third kappa shape index (κ3) is 4.89. The van der Waals surface area contributed by atoms with E-state index in [0.717, 1.165) is 11.3 Å². The number of nitrogens with one attached hydrogen (secondary N) is 1. The highest BCUT2D eigenvalue weighted by molar-refractivity contribution is 5.96. The van der Waals surface area contributed by atoms with E-state index in [0.29, 0.717) is 18.7 Å². The van der Waals surface area contributed by atoms with Gasteiger partial charge < -0.3 is 14.9 Å². The number of carbonyl (C=O) groups is 1. The Balaban J connectivity index is 1.98. The van der Waals surface area contributed by atoms with Gasteiger partial charge in [-0.05, 0) is 30.7 Å². The summed E-state index contributed by atoms with van der Waals surface area (Å²) in [5.41, 5.74) is 4.84. The molecule has 0 aliphatic carbocycles. The highest BCUT2D eigenvalue weighted by atomic mass is 16.5. The molecule has 10 nitrogen and oxygen atoms in total. The van der Waals surface area contributed by atoms with Gasteiger partial charge in [0.25, 0.3) is 11.5 Å². The smallest absolute Gasteiger partial charge is 0.330 e. The quantitative estimate of drug-likeness (QED) is 0.520. The van der Waals surface area contributed by atoms with Gasteiger partial charge in [-0.25, -0.2) is 4.79 Å². The number of aromatic nitrogens is 2. The fourth-order valence-corrected chi connectivity index (χ4v) is 3.13. The van der Waals surface area contributed by atoms with Crippen LogP contribution in [0, 0.1) is 11.3 Å².